The van der Waals surface area contributed by atoms with Gasteiger partial charge >= 0.3 is 6.03 Å². The molecule has 0 unspecified atom stereocenters. The number of carbonyl (C=O) groups is 3. The molecule has 0 aromatic carbocycles. The second-order valence-electron chi connectivity index (χ2n) is 6.44. The van der Waals surface area contributed by atoms with E-state index in [2.05, 4.69) is 21.7 Å². The third kappa shape index (κ3) is 3.03. The summed E-state index contributed by atoms with van der Waals surface area (Å²) < 4.78 is 0. The fourth-order valence-electron chi connectivity index (χ4n) is 3.19. The number of carbonyl (C=O) groups excluding carboxylic acids is 3. The molecule has 2 saturated heterocycles. The molecule has 130 valence electrons. The minimum absolute atomic E-state index is 0.169. The lowest BCUT2D eigenvalue weighted by atomic mass is 10.00. The van der Waals surface area contributed by atoms with Crippen molar-refractivity contribution in [2.45, 2.75) is 44.7 Å². The Bertz CT molecular complexity index is 648. The van der Waals surface area contributed by atoms with E-state index in [9.17, 15) is 14.4 Å². The van der Waals surface area contributed by atoms with Gasteiger partial charge in [-0.1, -0.05) is 13.0 Å². The molecule has 2 atom stereocenters. The number of urea groups is 1. The standard InChI is InChI=1S/C16H22N4O3S/c1-3-16(2)14(22)20(15(23)17-16)18-13(21)10-19-8-4-6-11(19)12-7-5-9-24-12/h5,7,9,11H,3-4,6,8,10H2,1-2H3,(H,17,23)(H,18,21)/t11-,16-/m0/s1. The number of amides is 4. The molecule has 3 rings (SSSR count). The second-order valence-corrected chi connectivity index (χ2v) is 7.41. The van der Waals surface area contributed by atoms with Crippen LogP contribution in [0.15, 0.2) is 17.5 Å². The summed E-state index contributed by atoms with van der Waals surface area (Å²) in [5.74, 6) is -0.762. The van der Waals surface area contributed by atoms with Crippen molar-refractivity contribution in [2.75, 3.05) is 13.1 Å². The van der Waals surface area contributed by atoms with Crippen LogP contribution in [0.4, 0.5) is 4.79 Å². The average Bonchev–Trinajstić information content (AvgIpc) is 3.25. The normalized spacial score (nSPS) is 27.6. The Kier molecular flexibility index (Phi) is 4.60. The summed E-state index contributed by atoms with van der Waals surface area (Å²) in [7, 11) is 0. The Morgan fingerprint density at radius 1 is 1.50 bits per heavy atom. The van der Waals surface area contributed by atoms with Gasteiger partial charge < -0.3 is 5.32 Å². The predicted molar refractivity (Wildman–Crippen MR) is 90.1 cm³/mol. The highest BCUT2D eigenvalue weighted by molar-refractivity contribution is 7.10. The van der Waals surface area contributed by atoms with Crippen LogP contribution in [0.3, 0.4) is 0 Å². The van der Waals surface area contributed by atoms with E-state index in [1.165, 1.54) is 4.88 Å². The van der Waals surface area contributed by atoms with E-state index >= 15 is 0 Å². The van der Waals surface area contributed by atoms with Crippen molar-refractivity contribution in [1.29, 1.82) is 0 Å². The summed E-state index contributed by atoms with van der Waals surface area (Å²) in [6, 6.07) is 3.75. The molecule has 24 heavy (non-hydrogen) atoms. The fourth-order valence-corrected chi connectivity index (χ4v) is 4.08. The average molecular weight is 350 g/mol. The van der Waals surface area contributed by atoms with Gasteiger partial charge in [-0.25, -0.2) is 4.79 Å². The van der Waals surface area contributed by atoms with Crippen LogP contribution in [0, 0.1) is 0 Å². The molecule has 0 aliphatic carbocycles. The first kappa shape index (κ1) is 16.9. The maximum absolute atomic E-state index is 12.3. The van der Waals surface area contributed by atoms with Crippen molar-refractivity contribution in [2.24, 2.45) is 0 Å². The van der Waals surface area contributed by atoms with Crippen LogP contribution in [-0.4, -0.2) is 46.4 Å². The fraction of sp³-hybridized carbons (Fsp3) is 0.562. The Morgan fingerprint density at radius 3 is 2.92 bits per heavy atom. The van der Waals surface area contributed by atoms with Gasteiger partial charge in [0.2, 0.25) is 0 Å². The summed E-state index contributed by atoms with van der Waals surface area (Å²) in [6.45, 7) is 4.48. The lowest BCUT2D eigenvalue weighted by molar-refractivity contribution is -0.139. The molecule has 2 aliphatic heterocycles. The van der Waals surface area contributed by atoms with Crippen molar-refractivity contribution in [3.8, 4) is 0 Å². The molecule has 0 saturated carbocycles. The molecule has 0 bridgehead atoms. The Morgan fingerprint density at radius 2 is 2.29 bits per heavy atom. The SMILES string of the molecule is CC[C@]1(C)NC(=O)N(NC(=O)CN2CCC[C@H]2c2cccs2)C1=O. The summed E-state index contributed by atoms with van der Waals surface area (Å²) in [5.41, 5.74) is 1.51. The van der Waals surface area contributed by atoms with E-state index in [0.717, 1.165) is 24.4 Å². The Hall–Kier alpha value is -1.93. The molecule has 2 fully saturated rings. The minimum atomic E-state index is -0.947. The third-order valence-electron chi connectivity index (χ3n) is 4.79. The zero-order chi connectivity index (χ0) is 17.3. The van der Waals surface area contributed by atoms with Gasteiger partial charge in [0.15, 0.2) is 0 Å². The van der Waals surface area contributed by atoms with Crippen molar-refractivity contribution < 1.29 is 14.4 Å². The lowest BCUT2D eigenvalue weighted by Gasteiger charge is -2.24. The van der Waals surface area contributed by atoms with Crippen LogP contribution in [0.2, 0.25) is 0 Å². The van der Waals surface area contributed by atoms with Gasteiger partial charge in [0.25, 0.3) is 11.8 Å². The zero-order valence-corrected chi connectivity index (χ0v) is 14.7. The first-order valence-electron chi connectivity index (χ1n) is 8.18. The third-order valence-corrected chi connectivity index (χ3v) is 5.76. The van der Waals surface area contributed by atoms with Gasteiger partial charge in [-0.2, -0.15) is 5.01 Å². The molecule has 8 heteroatoms. The number of hydrogen-bond donors (Lipinski definition) is 2. The van der Waals surface area contributed by atoms with Gasteiger partial charge in [0.1, 0.15) is 5.54 Å². The van der Waals surface area contributed by atoms with E-state index in [1.807, 2.05) is 18.4 Å². The van der Waals surface area contributed by atoms with E-state index in [1.54, 1.807) is 18.3 Å². The molecule has 2 N–H and O–H groups in total. The topological polar surface area (TPSA) is 81.8 Å². The van der Waals surface area contributed by atoms with Gasteiger partial charge in [-0.3, -0.25) is 19.9 Å². The second kappa shape index (κ2) is 6.52. The molecule has 1 aromatic rings. The zero-order valence-electron chi connectivity index (χ0n) is 13.9. The number of hydrazine groups is 1. The molecule has 2 aliphatic rings. The molecule has 0 spiro atoms. The highest BCUT2D eigenvalue weighted by Gasteiger charge is 2.47. The highest BCUT2D eigenvalue weighted by Crippen LogP contribution is 2.34. The molecule has 4 amide bonds. The van der Waals surface area contributed by atoms with Gasteiger partial charge in [0.05, 0.1) is 6.54 Å². The largest absolute Gasteiger partial charge is 0.344 e. The first-order valence-corrected chi connectivity index (χ1v) is 9.06. The van der Waals surface area contributed by atoms with Crippen LogP contribution >= 0.6 is 11.3 Å². The van der Waals surface area contributed by atoms with Crippen molar-refractivity contribution in [3.63, 3.8) is 0 Å². The van der Waals surface area contributed by atoms with E-state index < -0.39 is 17.5 Å². The number of thiophene rings is 1. The van der Waals surface area contributed by atoms with E-state index in [4.69, 9.17) is 0 Å². The molecule has 0 radical (unpaired) electrons. The summed E-state index contributed by atoms with van der Waals surface area (Å²) >= 11 is 1.69. The van der Waals surface area contributed by atoms with Crippen LogP contribution < -0.4 is 10.7 Å². The maximum atomic E-state index is 12.3. The van der Waals surface area contributed by atoms with Crippen LogP contribution in [0.1, 0.15) is 44.0 Å². The van der Waals surface area contributed by atoms with Crippen molar-refractivity contribution in [1.82, 2.24) is 20.7 Å². The quantitative estimate of drug-likeness (QED) is 0.791. The first-order chi connectivity index (χ1) is 11.4. The van der Waals surface area contributed by atoms with Crippen molar-refractivity contribution in [3.05, 3.63) is 22.4 Å². The molecule has 7 nitrogen and oxygen atoms in total. The number of imide groups is 1. The number of likely N-dealkylation sites (tertiary alicyclic amines) is 1. The summed E-state index contributed by atoms with van der Waals surface area (Å²) in [6.07, 6.45) is 2.52. The van der Waals surface area contributed by atoms with Crippen LogP contribution in [0.5, 0.6) is 0 Å². The number of rotatable bonds is 5. The van der Waals surface area contributed by atoms with Gasteiger partial charge in [0, 0.05) is 10.9 Å². The summed E-state index contributed by atoms with van der Waals surface area (Å²) in [5, 5.41) is 5.46. The molecular formula is C16H22N4O3S. The molecule has 3 heterocycles. The Labute approximate surface area is 145 Å². The van der Waals surface area contributed by atoms with Crippen LogP contribution in [0.25, 0.3) is 0 Å². The van der Waals surface area contributed by atoms with E-state index in [-0.39, 0.29) is 18.5 Å². The van der Waals surface area contributed by atoms with Crippen molar-refractivity contribution >= 4 is 29.2 Å². The smallest absolute Gasteiger partial charge is 0.322 e. The number of nitrogens with zero attached hydrogens (tertiary/aromatic N) is 2. The lowest BCUT2D eigenvalue weighted by Crippen LogP contribution is -2.51. The monoisotopic (exact) mass is 350 g/mol. The minimum Gasteiger partial charge on any atom is -0.322 e. The van der Waals surface area contributed by atoms with Crippen LogP contribution in [-0.2, 0) is 9.59 Å². The maximum Gasteiger partial charge on any atom is 0.344 e. The number of hydrogen-bond acceptors (Lipinski definition) is 5. The predicted octanol–water partition coefficient (Wildman–Crippen LogP) is 1.64. The number of nitrogens with one attached hydrogen (secondary N) is 2. The van der Waals surface area contributed by atoms with Gasteiger partial charge in [-0.15, -0.1) is 11.3 Å². The summed E-state index contributed by atoms with van der Waals surface area (Å²) in [4.78, 5) is 39.9. The molecule has 1 aromatic heterocycles. The van der Waals surface area contributed by atoms with Gasteiger partial charge in [-0.05, 0) is 44.2 Å². The molecular weight excluding hydrogens is 328 g/mol. The Balaban J connectivity index is 1.62. The highest BCUT2D eigenvalue weighted by atomic mass is 32.1. The van der Waals surface area contributed by atoms with E-state index in [0.29, 0.717) is 6.42 Å².